The lowest BCUT2D eigenvalue weighted by Crippen LogP contribution is -2.66. The summed E-state index contributed by atoms with van der Waals surface area (Å²) >= 11 is 0. The molecule has 0 bridgehead atoms. The standard InChI is InChI=1S/C24H32O2Si/c1-20-15-16-21(25-19-20)17-18-26-27(24(2,3)4,22-11-7-5-8-12-22)23-13-9-6-10-14-23/h5-14,21H,1,15-19H2,2-4H3. The van der Waals surface area contributed by atoms with E-state index in [4.69, 9.17) is 9.16 Å². The predicted octanol–water partition coefficient (Wildman–Crippen LogP) is 4.69. The first kappa shape index (κ1) is 20.1. The number of benzene rings is 2. The molecule has 0 radical (unpaired) electrons. The van der Waals surface area contributed by atoms with Crippen molar-refractivity contribution in [3.8, 4) is 0 Å². The average molecular weight is 381 g/mol. The molecule has 1 aliphatic rings. The first-order valence-electron chi connectivity index (χ1n) is 9.97. The Balaban J connectivity index is 1.88. The van der Waals surface area contributed by atoms with E-state index in [1.165, 1.54) is 15.9 Å². The molecule has 1 fully saturated rings. The molecule has 2 aromatic rings. The van der Waals surface area contributed by atoms with Gasteiger partial charge in [0.15, 0.2) is 0 Å². The summed E-state index contributed by atoms with van der Waals surface area (Å²) in [5.41, 5.74) is 1.21. The van der Waals surface area contributed by atoms with Crippen LogP contribution in [0.25, 0.3) is 0 Å². The minimum absolute atomic E-state index is 0.0252. The summed E-state index contributed by atoms with van der Waals surface area (Å²) in [7, 11) is -2.42. The molecular formula is C24H32O2Si. The second kappa shape index (κ2) is 8.55. The van der Waals surface area contributed by atoms with Crippen molar-refractivity contribution < 1.29 is 9.16 Å². The highest BCUT2D eigenvalue weighted by atomic mass is 28.4. The molecule has 0 saturated carbocycles. The highest BCUT2D eigenvalue weighted by Crippen LogP contribution is 2.37. The molecule has 1 saturated heterocycles. The van der Waals surface area contributed by atoms with Gasteiger partial charge in [-0.1, -0.05) is 93.6 Å². The van der Waals surface area contributed by atoms with Crippen LogP contribution >= 0.6 is 0 Å². The molecular weight excluding hydrogens is 348 g/mol. The Labute approximate surface area is 165 Å². The molecule has 1 atom stereocenters. The molecule has 1 unspecified atom stereocenters. The maximum atomic E-state index is 6.93. The van der Waals surface area contributed by atoms with Gasteiger partial charge in [-0.25, -0.2) is 0 Å². The van der Waals surface area contributed by atoms with E-state index in [1.54, 1.807) is 0 Å². The molecule has 0 aromatic heterocycles. The van der Waals surface area contributed by atoms with E-state index in [1.807, 2.05) is 0 Å². The normalized spacial score (nSPS) is 18.5. The van der Waals surface area contributed by atoms with Crippen LogP contribution in [-0.2, 0) is 9.16 Å². The molecule has 2 nitrogen and oxygen atoms in total. The van der Waals surface area contributed by atoms with Gasteiger partial charge >= 0.3 is 0 Å². The van der Waals surface area contributed by atoms with Crippen molar-refractivity contribution >= 4 is 18.7 Å². The van der Waals surface area contributed by atoms with Crippen LogP contribution < -0.4 is 10.4 Å². The fourth-order valence-corrected chi connectivity index (χ4v) is 8.67. The zero-order valence-electron chi connectivity index (χ0n) is 16.9. The first-order chi connectivity index (χ1) is 12.9. The smallest absolute Gasteiger partial charge is 0.261 e. The molecule has 1 heterocycles. The lowest BCUT2D eigenvalue weighted by atomic mass is 10.0. The van der Waals surface area contributed by atoms with Crippen LogP contribution in [0.4, 0.5) is 0 Å². The van der Waals surface area contributed by atoms with Crippen molar-refractivity contribution in [2.45, 2.75) is 51.2 Å². The van der Waals surface area contributed by atoms with Crippen LogP contribution in [0.2, 0.25) is 5.04 Å². The lowest BCUT2D eigenvalue weighted by molar-refractivity contribution is 0.0273. The third-order valence-electron chi connectivity index (χ3n) is 5.52. The zero-order chi connectivity index (χ0) is 19.3. The van der Waals surface area contributed by atoms with Crippen molar-refractivity contribution in [3.05, 3.63) is 72.8 Å². The van der Waals surface area contributed by atoms with Crippen molar-refractivity contribution in [1.29, 1.82) is 0 Å². The maximum absolute atomic E-state index is 6.93. The van der Waals surface area contributed by atoms with Gasteiger partial charge < -0.3 is 9.16 Å². The minimum atomic E-state index is -2.42. The zero-order valence-corrected chi connectivity index (χ0v) is 17.9. The van der Waals surface area contributed by atoms with Crippen LogP contribution in [0.15, 0.2) is 72.8 Å². The van der Waals surface area contributed by atoms with E-state index in [9.17, 15) is 0 Å². The van der Waals surface area contributed by atoms with Crippen molar-refractivity contribution in [2.75, 3.05) is 13.2 Å². The largest absolute Gasteiger partial charge is 0.407 e. The van der Waals surface area contributed by atoms with Gasteiger partial charge in [0, 0.05) is 6.61 Å². The third kappa shape index (κ3) is 4.42. The van der Waals surface area contributed by atoms with E-state index in [0.29, 0.717) is 6.61 Å². The van der Waals surface area contributed by atoms with E-state index in [-0.39, 0.29) is 11.1 Å². The Morgan fingerprint density at radius 1 is 1.00 bits per heavy atom. The van der Waals surface area contributed by atoms with Gasteiger partial charge in [-0.05, 0) is 34.7 Å². The summed E-state index contributed by atoms with van der Waals surface area (Å²) < 4.78 is 12.9. The average Bonchev–Trinajstić information content (AvgIpc) is 2.67. The van der Waals surface area contributed by atoms with Gasteiger partial charge in [0.25, 0.3) is 8.32 Å². The van der Waals surface area contributed by atoms with E-state index < -0.39 is 8.32 Å². The maximum Gasteiger partial charge on any atom is 0.261 e. The number of rotatable bonds is 6. The molecule has 3 rings (SSSR count). The summed E-state index contributed by atoms with van der Waals surface area (Å²) in [6, 6.07) is 21.7. The SMILES string of the molecule is C=C1CCC(CCO[Si](c2ccccc2)(c2ccccc2)C(C)(C)C)OC1. The van der Waals surface area contributed by atoms with Gasteiger partial charge in [-0.15, -0.1) is 0 Å². The Bertz CT molecular complexity index is 684. The third-order valence-corrected chi connectivity index (χ3v) is 10.6. The summed E-state index contributed by atoms with van der Waals surface area (Å²) in [5, 5.41) is 2.69. The molecule has 3 heteroatoms. The van der Waals surface area contributed by atoms with Crippen molar-refractivity contribution in [1.82, 2.24) is 0 Å². The highest BCUT2D eigenvalue weighted by molar-refractivity contribution is 6.99. The number of ether oxygens (including phenoxy) is 1. The van der Waals surface area contributed by atoms with Gasteiger partial charge in [-0.2, -0.15) is 0 Å². The Hall–Kier alpha value is -1.68. The second-order valence-electron chi connectivity index (χ2n) is 8.52. The van der Waals surface area contributed by atoms with Gasteiger partial charge in [0.05, 0.1) is 12.7 Å². The number of hydrogen-bond donors (Lipinski definition) is 0. The summed E-state index contributed by atoms with van der Waals surface area (Å²) in [6.07, 6.45) is 3.36. The molecule has 144 valence electrons. The van der Waals surface area contributed by atoms with E-state index in [2.05, 4.69) is 88.0 Å². The van der Waals surface area contributed by atoms with Crippen molar-refractivity contribution in [2.24, 2.45) is 0 Å². The van der Waals surface area contributed by atoms with Crippen LogP contribution in [0.5, 0.6) is 0 Å². The van der Waals surface area contributed by atoms with Crippen LogP contribution in [0.3, 0.4) is 0 Å². The molecule has 0 N–H and O–H groups in total. The first-order valence-corrected chi connectivity index (χ1v) is 11.9. The fraction of sp³-hybridized carbons (Fsp3) is 0.417. The summed E-state index contributed by atoms with van der Waals surface area (Å²) in [4.78, 5) is 0. The Kier molecular flexibility index (Phi) is 6.35. The molecule has 0 amide bonds. The summed E-state index contributed by atoms with van der Waals surface area (Å²) in [6.45, 7) is 12.4. The number of hydrogen-bond acceptors (Lipinski definition) is 2. The molecule has 0 aliphatic carbocycles. The highest BCUT2D eigenvalue weighted by Gasteiger charge is 2.50. The molecule has 2 aromatic carbocycles. The second-order valence-corrected chi connectivity index (χ2v) is 12.8. The quantitative estimate of drug-likeness (QED) is 0.535. The fourth-order valence-electron chi connectivity index (χ4n) is 4.09. The van der Waals surface area contributed by atoms with Gasteiger partial charge in [0.1, 0.15) is 0 Å². The van der Waals surface area contributed by atoms with Crippen LogP contribution in [-0.4, -0.2) is 27.6 Å². The Morgan fingerprint density at radius 3 is 2.00 bits per heavy atom. The predicted molar refractivity (Wildman–Crippen MR) is 116 cm³/mol. The molecule has 1 aliphatic heterocycles. The molecule has 27 heavy (non-hydrogen) atoms. The van der Waals surface area contributed by atoms with Crippen molar-refractivity contribution in [3.63, 3.8) is 0 Å². The van der Waals surface area contributed by atoms with Gasteiger partial charge in [0.2, 0.25) is 0 Å². The van der Waals surface area contributed by atoms with E-state index >= 15 is 0 Å². The van der Waals surface area contributed by atoms with E-state index in [0.717, 1.165) is 25.9 Å². The van der Waals surface area contributed by atoms with Crippen LogP contribution in [0.1, 0.15) is 40.0 Å². The topological polar surface area (TPSA) is 18.5 Å². The lowest BCUT2D eigenvalue weighted by Gasteiger charge is -2.43. The summed E-state index contributed by atoms with van der Waals surface area (Å²) in [5.74, 6) is 0. The monoisotopic (exact) mass is 380 g/mol. The van der Waals surface area contributed by atoms with Gasteiger partial charge in [-0.3, -0.25) is 0 Å². The van der Waals surface area contributed by atoms with Crippen LogP contribution in [0, 0.1) is 0 Å². The Morgan fingerprint density at radius 2 is 1.56 bits per heavy atom. The molecule has 0 spiro atoms. The minimum Gasteiger partial charge on any atom is -0.407 e.